The van der Waals surface area contributed by atoms with Gasteiger partial charge in [0, 0.05) is 32.3 Å². The molecule has 0 fully saturated rings. The maximum atomic E-state index is 11.0. The van der Waals surface area contributed by atoms with Crippen molar-refractivity contribution in [2.45, 2.75) is 13.3 Å². The number of fused-ring (bicyclic) bond motifs is 3. The number of thiophene rings is 1. The van der Waals surface area contributed by atoms with E-state index in [1.807, 2.05) is 6.92 Å². The van der Waals surface area contributed by atoms with E-state index in [1.54, 1.807) is 34.2 Å². The molecule has 3 aromatic rings. The lowest BCUT2D eigenvalue weighted by Gasteiger charge is -2.08. The fraction of sp³-hybridized carbons (Fsp3) is 0.125. The molecule has 1 aliphatic carbocycles. The molecule has 4 rings (SSSR count). The summed E-state index contributed by atoms with van der Waals surface area (Å²) < 4.78 is 6.50. The minimum atomic E-state index is -1.39. The van der Waals surface area contributed by atoms with Gasteiger partial charge in [0.1, 0.15) is 0 Å². The first-order valence-corrected chi connectivity index (χ1v) is 8.59. The van der Waals surface area contributed by atoms with Gasteiger partial charge < -0.3 is 9.84 Å². The van der Waals surface area contributed by atoms with Gasteiger partial charge in [-0.2, -0.15) is 0 Å². The van der Waals surface area contributed by atoms with Crippen LogP contribution in [0.4, 0.5) is 4.79 Å². The molecule has 1 N–H and O–H groups in total. The number of rotatable bonds is 2. The largest absolute Gasteiger partial charge is 0.512 e. The van der Waals surface area contributed by atoms with E-state index in [2.05, 4.69) is 11.2 Å². The van der Waals surface area contributed by atoms with E-state index in [4.69, 9.17) is 33.0 Å². The predicted molar refractivity (Wildman–Crippen MR) is 93.1 cm³/mol. The van der Waals surface area contributed by atoms with Gasteiger partial charge in [-0.15, -0.1) is 16.4 Å². The number of nitrogens with zero attached hydrogens (tertiary/aromatic N) is 2. The molecule has 5 nitrogen and oxygen atoms in total. The van der Waals surface area contributed by atoms with Gasteiger partial charge in [0.25, 0.3) is 0 Å². The molecular formula is C16H10Cl2N2O3S. The summed E-state index contributed by atoms with van der Waals surface area (Å²) >= 11 is 14.0. The summed E-state index contributed by atoms with van der Waals surface area (Å²) in [6, 6.07) is 7.15. The smallest absolute Gasteiger partial charge is 0.449 e. The van der Waals surface area contributed by atoms with Crippen LogP contribution in [0.3, 0.4) is 0 Å². The highest BCUT2D eigenvalue weighted by Crippen LogP contribution is 2.46. The molecule has 0 atom stereocenters. The fourth-order valence-electron chi connectivity index (χ4n) is 2.91. The standard InChI is InChI=1S/C16H10Cl2N2O3S/c1-7-4-9-13(24-7)6-10-14(9)20(19-15(10)23-16(21)22)12-3-2-8(17)5-11(12)18/h2-5H,6H2,1H3,(H,21,22). The van der Waals surface area contributed by atoms with Crippen molar-refractivity contribution in [1.29, 1.82) is 0 Å². The molecule has 8 heteroatoms. The van der Waals surface area contributed by atoms with Crippen molar-refractivity contribution < 1.29 is 14.6 Å². The van der Waals surface area contributed by atoms with E-state index >= 15 is 0 Å². The molecule has 0 amide bonds. The van der Waals surface area contributed by atoms with E-state index in [0.717, 1.165) is 21.7 Å². The van der Waals surface area contributed by atoms with E-state index in [1.165, 1.54) is 4.88 Å². The number of hydrogen-bond donors (Lipinski definition) is 1. The van der Waals surface area contributed by atoms with E-state index in [9.17, 15) is 4.79 Å². The summed E-state index contributed by atoms with van der Waals surface area (Å²) in [5.74, 6) is 0.0876. The molecule has 0 unspecified atom stereocenters. The maximum Gasteiger partial charge on any atom is 0.512 e. The first-order valence-electron chi connectivity index (χ1n) is 7.02. The van der Waals surface area contributed by atoms with Crippen LogP contribution in [0.2, 0.25) is 10.0 Å². The Balaban J connectivity index is 1.96. The molecule has 0 saturated heterocycles. The molecule has 0 aliphatic heterocycles. The molecule has 0 radical (unpaired) electrons. The number of aryl methyl sites for hydroxylation is 1. The summed E-state index contributed by atoms with van der Waals surface area (Å²) in [6.07, 6.45) is -0.798. The SMILES string of the molecule is Cc1cc2c(s1)Cc1c(OC(=O)O)nn(-c3ccc(Cl)cc3Cl)c1-2. The lowest BCUT2D eigenvalue weighted by atomic mass is 10.2. The highest BCUT2D eigenvalue weighted by atomic mass is 35.5. The van der Waals surface area contributed by atoms with Crippen molar-refractivity contribution in [3.05, 3.63) is 49.6 Å². The van der Waals surface area contributed by atoms with Crippen LogP contribution in [0.15, 0.2) is 24.3 Å². The average molecular weight is 381 g/mol. The predicted octanol–water partition coefficient (Wildman–Crippen LogP) is 5.18. The Hall–Kier alpha value is -2.02. The van der Waals surface area contributed by atoms with Crippen LogP contribution >= 0.6 is 34.5 Å². The zero-order valence-electron chi connectivity index (χ0n) is 12.3. The van der Waals surface area contributed by atoms with Crippen LogP contribution in [0, 0.1) is 6.92 Å². The van der Waals surface area contributed by atoms with Crippen molar-refractivity contribution in [3.8, 4) is 22.8 Å². The topological polar surface area (TPSA) is 64.3 Å². The Bertz CT molecular complexity index is 994. The zero-order chi connectivity index (χ0) is 17.0. The molecule has 0 saturated carbocycles. The maximum absolute atomic E-state index is 11.0. The van der Waals surface area contributed by atoms with Gasteiger partial charge in [0.2, 0.25) is 5.88 Å². The number of ether oxygens (including phenoxy) is 1. The second-order valence-electron chi connectivity index (χ2n) is 5.38. The Labute approximate surface area is 151 Å². The number of carboxylic acid groups (broad SMARTS) is 1. The fourth-order valence-corrected chi connectivity index (χ4v) is 4.45. The first-order chi connectivity index (χ1) is 11.4. The Morgan fingerprint density at radius 1 is 1.38 bits per heavy atom. The second-order valence-corrected chi connectivity index (χ2v) is 7.56. The number of hydrogen-bond acceptors (Lipinski definition) is 4. The third-order valence-electron chi connectivity index (χ3n) is 3.79. The third kappa shape index (κ3) is 2.38. The molecule has 2 aromatic heterocycles. The minimum absolute atomic E-state index is 0.0876. The summed E-state index contributed by atoms with van der Waals surface area (Å²) in [6.45, 7) is 2.04. The number of aromatic nitrogens is 2. The molecule has 122 valence electrons. The molecule has 2 heterocycles. The van der Waals surface area contributed by atoms with Crippen molar-refractivity contribution in [2.75, 3.05) is 0 Å². The van der Waals surface area contributed by atoms with Gasteiger partial charge in [-0.3, -0.25) is 0 Å². The van der Waals surface area contributed by atoms with E-state index < -0.39 is 6.16 Å². The van der Waals surface area contributed by atoms with Crippen molar-refractivity contribution in [2.24, 2.45) is 0 Å². The summed E-state index contributed by atoms with van der Waals surface area (Å²) in [5.41, 5.74) is 3.22. The van der Waals surface area contributed by atoms with Crippen molar-refractivity contribution >= 4 is 40.7 Å². The summed E-state index contributed by atoms with van der Waals surface area (Å²) in [5, 5.41) is 14.2. The molecule has 24 heavy (non-hydrogen) atoms. The van der Waals surface area contributed by atoms with Crippen LogP contribution < -0.4 is 4.74 Å². The lowest BCUT2D eigenvalue weighted by molar-refractivity contribution is 0.142. The van der Waals surface area contributed by atoms with Gasteiger partial charge in [-0.1, -0.05) is 23.2 Å². The highest BCUT2D eigenvalue weighted by molar-refractivity contribution is 7.12. The summed E-state index contributed by atoms with van der Waals surface area (Å²) in [7, 11) is 0. The minimum Gasteiger partial charge on any atom is -0.449 e. The Morgan fingerprint density at radius 2 is 2.17 bits per heavy atom. The van der Waals surface area contributed by atoms with Gasteiger partial charge in [-0.05, 0) is 31.2 Å². The van der Waals surface area contributed by atoms with Crippen molar-refractivity contribution in [1.82, 2.24) is 9.78 Å². The zero-order valence-corrected chi connectivity index (χ0v) is 14.7. The molecule has 1 aromatic carbocycles. The van der Waals surface area contributed by atoms with Gasteiger partial charge in [0.05, 0.1) is 16.4 Å². The average Bonchev–Trinajstić information content (AvgIpc) is 3.09. The van der Waals surface area contributed by atoms with Crippen LogP contribution in [0.5, 0.6) is 5.88 Å². The van der Waals surface area contributed by atoms with Crippen LogP contribution in [-0.2, 0) is 6.42 Å². The van der Waals surface area contributed by atoms with Gasteiger partial charge >= 0.3 is 6.16 Å². The third-order valence-corrected chi connectivity index (χ3v) is 5.38. The second kappa shape index (κ2) is 5.51. The van der Waals surface area contributed by atoms with Crippen molar-refractivity contribution in [3.63, 3.8) is 0 Å². The summed E-state index contributed by atoms with van der Waals surface area (Å²) in [4.78, 5) is 13.3. The van der Waals surface area contributed by atoms with E-state index in [0.29, 0.717) is 22.2 Å². The van der Waals surface area contributed by atoms with E-state index in [-0.39, 0.29) is 5.88 Å². The molecule has 1 aliphatic rings. The molecule has 0 spiro atoms. The Kier molecular flexibility index (Phi) is 3.56. The van der Waals surface area contributed by atoms with Gasteiger partial charge in [-0.25, -0.2) is 9.48 Å². The normalized spacial score (nSPS) is 12.1. The number of carbonyl (C=O) groups is 1. The molecular weight excluding hydrogens is 371 g/mol. The quantitative estimate of drug-likeness (QED) is 0.486. The van der Waals surface area contributed by atoms with Crippen LogP contribution in [0.1, 0.15) is 15.3 Å². The number of halogens is 2. The lowest BCUT2D eigenvalue weighted by Crippen LogP contribution is -2.06. The highest BCUT2D eigenvalue weighted by Gasteiger charge is 2.32. The number of benzene rings is 1. The molecule has 0 bridgehead atoms. The first kappa shape index (κ1) is 15.5. The van der Waals surface area contributed by atoms with Crippen LogP contribution in [-0.4, -0.2) is 21.0 Å². The monoisotopic (exact) mass is 380 g/mol. The van der Waals surface area contributed by atoms with Crippen LogP contribution in [0.25, 0.3) is 16.9 Å². The Morgan fingerprint density at radius 3 is 2.88 bits per heavy atom. The van der Waals surface area contributed by atoms with Gasteiger partial charge in [0.15, 0.2) is 0 Å².